The number of nitriles is 1. The Balaban J connectivity index is 2.44. The van der Waals surface area contributed by atoms with Gasteiger partial charge >= 0.3 is 0 Å². The third kappa shape index (κ3) is 4.47. The topological polar surface area (TPSA) is 23.8 Å². The van der Waals surface area contributed by atoms with Crippen molar-refractivity contribution in [3.05, 3.63) is 0 Å². The zero-order valence-electron chi connectivity index (χ0n) is 9.93. The highest BCUT2D eigenvalue weighted by molar-refractivity contribution is 7.99. The van der Waals surface area contributed by atoms with Crippen LogP contribution in [0.4, 0.5) is 0 Å². The first-order valence-electron chi connectivity index (χ1n) is 6.32. The van der Waals surface area contributed by atoms with Gasteiger partial charge in [0, 0.05) is 0 Å². The van der Waals surface area contributed by atoms with Gasteiger partial charge in [-0.25, -0.2) is 0 Å². The second kappa shape index (κ2) is 7.17. The van der Waals surface area contributed by atoms with E-state index in [4.69, 9.17) is 0 Å². The maximum Gasteiger partial charge on any atom is 0.0690 e. The van der Waals surface area contributed by atoms with Crippen LogP contribution in [0.2, 0.25) is 0 Å². The molecule has 86 valence electrons. The number of nitrogens with zero attached hydrogens (tertiary/aromatic N) is 1. The van der Waals surface area contributed by atoms with E-state index in [0.717, 1.165) is 19.3 Å². The van der Waals surface area contributed by atoms with E-state index in [1.54, 1.807) is 0 Å². The summed E-state index contributed by atoms with van der Waals surface area (Å²) in [6.45, 7) is 2.20. The minimum atomic E-state index is 0.0303. The highest BCUT2D eigenvalue weighted by Gasteiger charge is 2.29. The molecule has 0 spiro atoms. The molecule has 2 heteroatoms. The smallest absolute Gasteiger partial charge is 0.0690 e. The number of hydrogen-bond donors (Lipinski definition) is 0. The normalized spacial score (nSPS) is 21.3. The predicted octanol–water partition coefficient (Wildman–Crippen LogP) is 4.38. The number of hydrogen-bond acceptors (Lipinski definition) is 2. The van der Waals surface area contributed by atoms with Crippen molar-refractivity contribution < 1.29 is 0 Å². The molecule has 0 N–H and O–H groups in total. The molecule has 1 fully saturated rings. The van der Waals surface area contributed by atoms with Gasteiger partial charge in [0.05, 0.1) is 11.5 Å². The molecule has 1 rings (SSSR count). The molecule has 1 nitrogen and oxygen atoms in total. The largest absolute Gasteiger partial charge is 0.198 e. The van der Waals surface area contributed by atoms with Crippen LogP contribution >= 0.6 is 11.8 Å². The van der Waals surface area contributed by atoms with Crippen LogP contribution < -0.4 is 0 Å². The molecule has 0 bridgehead atoms. The Morgan fingerprint density at radius 1 is 1.13 bits per heavy atom. The van der Waals surface area contributed by atoms with Crippen molar-refractivity contribution in [2.75, 3.05) is 11.5 Å². The standard InChI is InChI=1S/C13H23NS/c1-2-15-11-10-13(12-14)8-6-4-3-5-7-9-13/h2-11H2,1H3. The van der Waals surface area contributed by atoms with Crippen molar-refractivity contribution in [1.29, 1.82) is 5.26 Å². The van der Waals surface area contributed by atoms with Gasteiger partial charge in [-0.05, 0) is 30.8 Å². The lowest BCUT2D eigenvalue weighted by atomic mass is 9.75. The van der Waals surface area contributed by atoms with Crippen LogP contribution in [-0.4, -0.2) is 11.5 Å². The molecular formula is C13H23NS. The first kappa shape index (κ1) is 12.9. The molecule has 0 aromatic heterocycles. The van der Waals surface area contributed by atoms with Crippen molar-refractivity contribution in [2.24, 2.45) is 5.41 Å². The Morgan fingerprint density at radius 3 is 2.27 bits per heavy atom. The van der Waals surface area contributed by atoms with Crippen LogP contribution in [0.3, 0.4) is 0 Å². The summed E-state index contributed by atoms with van der Waals surface area (Å²) in [5.41, 5.74) is 0.0303. The average Bonchev–Trinajstić information content (AvgIpc) is 2.22. The Labute approximate surface area is 98.6 Å². The Morgan fingerprint density at radius 2 is 1.73 bits per heavy atom. The molecule has 0 aromatic rings. The van der Waals surface area contributed by atoms with E-state index in [0.29, 0.717) is 0 Å². The van der Waals surface area contributed by atoms with Gasteiger partial charge in [0.1, 0.15) is 0 Å². The van der Waals surface area contributed by atoms with E-state index in [2.05, 4.69) is 13.0 Å². The molecule has 0 radical (unpaired) electrons. The van der Waals surface area contributed by atoms with Gasteiger partial charge in [0.2, 0.25) is 0 Å². The van der Waals surface area contributed by atoms with Gasteiger partial charge in [-0.1, -0.05) is 39.0 Å². The summed E-state index contributed by atoms with van der Waals surface area (Å²) in [6, 6.07) is 2.63. The van der Waals surface area contributed by atoms with Gasteiger partial charge in [-0.15, -0.1) is 0 Å². The van der Waals surface area contributed by atoms with Crippen LogP contribution in [0, 0.1) is 16.7 Å². The maximum absolute atomic E-state index is 9.40. The fourth-order valence-corrected chi connectivity index (χ4v) is 3.24. The Kier molecular flexibility index (Phi) is 6.17. The summed E-state index contributed by atoms with van der Waals surface area (Å²) in [5.74, 6) is 2.35. The first-order valence-corrected chi connectivity index (χ1v) is 7.47. The van der Waals surface area contributed by atoms with E-state index < -0.39 is 0 Å². The summed E-state index contributed by atoms with van der Waals surface area (Å²) >= 11 is 1.98. The van der Waals surface area contributed by atoms with E-state index in [9.17, 15) is 5.26 Å². The van der Waals surface area contributed by atoms with Gasteiger partial charge in [-0.2, -0.15) is 17.0 Å². The van der Waals surface area contributed by atoms with Gasteiger partial charge in [-0.3, -0.25) is 0 Å². The molecule has 0 amide bonds. The van der Waals surface area contributed by atoms with Crippen molar-refractivity contribution in [2.45, 2.75) is 58.3 Å². The number of rotatable bonds is 4. The van der Waals surface area contributed by atoms with Crippen LogP contribution in [-0.2, 0) is 0 Å². The first-order chi connectivity index (χ1) is 7.33. The molecule has 0 unspecified atom stereocenters. The summed E-state index contributed by atoms with van der Waals surface area (Å²) in [7, 11) is 0. The molecule has 0 aliphatic heterocycles. The summed E-state index contributed by atoms with van der Waals surface area (Å²) in [4.78, 5) is 0. The molecule has 0 atom stereocenters. The van der Waals surface area contributed by atoms with Crippen LogP contribution in [0.5, 0.6) is 0 Å². The Bertz CT molecular complexity index is 199. The van der Waals surface area contributed by atoms with Crippen LogP contribution in [0.1, 0.15) is 58.3 Å². The molecule has 1 saturated carbocycles. The van der Waals surface area contributed by atoms with Gasteiger partial charge in [0.15, 0.2) is 0 Å². The van der Waals surface area contributed by atoms with E-state index in [1.165, 1.54) is 43.6 Å². The van der Waals surface area contributed by atoms with Crippen LogP contribution in [0.25, 0.3) is 0 Å². The maximum atomic E-state index is 9.40. The fourth-order valence-electron chi connectivity index (χ4n) is 2.41. The lowest BCUT2D eigenvalue weighted by Gasteiger charge is -2.28. The highest BCUT2D eigenvalue weighted by Crippen LogP contribution is 2.37. The molecular weight excluding hydrogens is 202 g/mol. The average molecular weight is 225 g/mol. The molecule has 0 aromatic carbocycles. The summed E-state index contributed by atoms with van der Waals surface area (Å²) in [6.07, 6.45) is 10.00. The predicted molar refractivity (Wildman–Crippen MR) is 68.0 cm³/mol. The SMILES string of the molecule is CCSCCC1(C#N)CCCCCCC1. The van der Waals surface area contributed by atoms with E-state index >= 15 is 0 Å². The van der Waals surface area contributed by atoms with Gasteiger partial charge in [0.25, 0.3) is 0 Å². The van der Waals surface area contributed by atoms with Crippen molar-refractivity contribution in [1.82, 2.24) is 0 Å². The van der Waals surface area contributed by atoms with Crippen molar-refractivity contribution >= 4 is 11.8 Å². The third-order valence-electron chi connectivity index (χ3n) is 3.48. The minimum absolute atomic E-state index is 0.0303. The summed E-state index contributed by atoms with van der Waals surface area (Å²) < 4.78 is 0. The summed E-state index contributed by atoms with van der Waals surface area (Å²) in [5, 5.41) is 9.40. The molecule has 1 aliphatic rings. The van der Waals surface area contributed by atoms with Crippen LogP contribution in [0.15, 0.2) is 0 Å². The molecule has 15 heavy (non-hydrogen) atoms. The second-order valence-corrected chi connectivity index (χ2v) is 6.00. The molecule has 0 saturated heterocycles. The van der Waals surface area contributed by atoms with E-state index in [-0.39, 0.29) is 5.41 Å². The fraction of sp³-hybridized carbons (Fsp3) is 0.923. The quantitative estimate of drug-likeness (QED) is 0.663. The monoisotopic (exact) mass is 225 g/mol. The zero-order valence-corrected chi connectivity index (χ0v) is 10.7. The highest BCUT2D eigenvalue weighted by atomic mass is 32.2. The third-order valence-corrected chi connectivity index (χ3v) is 4.38. The lowest BCUT2D eigenvalue weighted by Crippen LogP contribution is -2.21. The zero-order chi connectivity index (χ0) is 11.0. The second-order valence-electron chi connectivity index (χ2n) is 4.61. The number of thioether (sulfide) groups is 1. The van der Waals surface area contributed by atoms with Crippen molar-refractivity contribution in [3.8, 4) is 6.07 Å². The Hall–Kier alpha value is -0.160. The lowest BCUT2D eigenvalue weighted by molar-refractivity contribution is 0.282. The molecule has 1 aliphatic carbocycles. The van der Waals surface area contributed by atoms with E-state index in [1.807, 2.05) is 11.8 Å². The van der Waals surface area contributed by atoms with Gasteiger partial charge < -0.3 is 0 Å². The minimum Gasteiger partial charge on any atom is -0.198 e. The van der Waals surface area contributed by atoms with Crippen molar-refractivity contribution in [3.63, 3.8) is 0 Å². The molecule has 0 heterocycles.